The Hall–Kier alpha value is -7.35. The fourth-order valence-electron chi connectivity index (χ4n) is 7.99. The smallest absolute Gasteiger partial charge is 0.0991 e. The number of hydrogen-bond acceptors (Lipinski definition) is 3. The van der Waals surface area contributed by atoms with Gasteiger partial charge in [-0.25, -0.2) is 0 Å². The summed E-state index contributed by atoms with van der Waals surface area (Å²) in [5.74, 6) is 0. The second-order valence-electron chi connectivity index (χ2n) is 13.4. The molecule has 0 spiro atoms. The van der Waals surface area contributed by atoms with Gasteiger partial charge in [0.05, 0.1) is 22.7 Å². The van der Waals surface area contributed by atoms with E-state index in [1.807, 2.05) is 55.1 Å². The summed E-state index contributed by atoms with van der Waals surface area (Å²) in [4.78, 5) is 9.00. The Bertz CT molecular complexity index is 3030. The third-order valence-corrected chi connectivity index (χ3v) is 10.4. The molecule has 3 heterocycles. The quantitative estimate of drug-likeness (QED) is 0.171. The van der Waals surface area contributed by atoms with E-state index in [0.29, 0.717) is 5.56 Å². The average Bonchev–Trinajstić information content (AvgIpc) is 3.56. The van der Waals surface area contributed by atoms with E-state index in [1.165, 1.54) is 5.56 Å². The van der Waals surface area contributed by atoms with Crippen LogP contribution in [0.1, 0.15) is 5.56 Å². The first-order valence-electron chi connectivity index (χ1n) is 17.7. The first-order valence-corrected chi connectivity index (χ1v) is 17.7. The molecule has 10 aromatic rings. The molecule has 246 valence electrons. The summed E-state index contributed by atoms with van der Waals surface area (Å²) in [6.45, 7) is 0. The Morgan fingerprint density at radius 2 is 0.925 bits per heavy atom. The minimum Gasteiger partial charge on any atom is -0.309 e. The van der Waals surface area contributed by atoms with E-state index in [9.17, 15) is 5.26 Å². The lowest BCUT2D eigenvalue weighted by atomic mass is 9.84. The Balaban J connectivity index is 1.34. The molecule has 53 heavy (non-hydrogen) atoms. The highest BCUT2D eigenvalue weighted by atomic mass is 15.0. The normalized spacial score (nSPS) is 11.4. The van der Waals surface area contributed by atoms with Gasteiger partial charge < -0.3 is 4.57 Å². The molecule has 0 N–H and O–H groups in total. The zero-order valence-corrected chi connectivity index (χ0v) is 28.6. The number of hydrogen-bond donors (Lipinski definition) is 0. The van der Waals surface area contributed by atoms with Gasteiger partial charge in [-0.15, -0.1) is 0 Å². The molecule has 0 fully saturated rings. The van der Waals surface area contributed by atoms with E-state index in [0.717, 1.165) is 88.0 Å². The van der Waals surface area contributed by atoms with Gasteiger partial charge in [0.15, 0.2) is 0 Å². The first-order chi connectivity index (χ1) is 26.2. The van der Waals surface area contributed by atoms with Gasteiger partial charge in [0.25, 0.3) is 0 Å². The lowest BCUT2D eigenvalue weighted by Gasteiger charge is -2.19. The number of fused-ring (bicyclic) bond motifs is 5. The number of para-hydroxylation sites is 1. The summed E-state index contributed by atoms with van der Waals surface area (Å²) in [6.07, 6.45) is 7.53. The molecule has 0 saturated heterocycles. The summed E-state index contributed by atoms with van der Waals surface area (Å²) in [5, 5.41) is 16.7. The van der Waals surface area contributed by atoms with Gasteiger partial charge in [0.1, 0.15) is 0 Å². The highest BCUT2D eigenvalue weighted by molar-refractivity contribution is 6.23. The summed E-state index contributed by atoms with van der Waals surface area (Å²) < 4.78 is 2.30. The van der Waals surface area contributed by atoms with Crippen molar-refractivity contribution in [1.82, 2.24) is 14.5 Å². The molecule has 4 heteroatoms. The van der Waals surface area contributed by atoms with Crippen LogP contribution in [-0.4, -0.2) is 14.5 Å². The maximum absolute atomic E-state index is 9.94. The maximum atomic E-state index is 9.94. The van der Waals surface area contributed by atoms with Crippen molar-refractivity contribution in [3.05, 3.63) is 188 Å². The number of nitrogens with zero attached hydrogens (tertiary/aromatic N) is 4. The zero-order valence-electron chi connectivity index (χ0n) is 28.6. The van der Waals surface area contributed by atoms with Crippen LogP contribution in [0.15, 0.2) is 183 Å². The molecule has 4 nitrogen and oxygen atoms in total. The van der Waals surface area contributed by atoms with Gasteiger partial charge in [-0.3, -0.25) is 9.97 Å². The van der Waals surface area contributed by atoms with E-state index >= 15 is 0 Å². The fourth-order valence-corrected chi connectivity index (χ4v) is 7.99. The molecule has 0 bridgehead atoms. The number of nitriles is 1. The van der Waals surface area contributed by atoms with Crippen LogP contribution in [0.3, 0.4) is 0 Å². The van der Waals surface area contributed by atoms with E-state index in [4.69, 9.17) is 0 Å². The minimum absolute atomic E-state index is 0.641. The van der Waals surface area contributed by atoms with Crippen LogP contribution in [-0.2, 0) is 0 Å². The number of rotatable bonds is 5. The van der Waals surface area contributed by atoms with Crippen molar-refractivity contribution < 1.29 is 0 Å². The molecule has 0 aliphatic carbocycles. The lowest BCUT2D eigenvalue weighted by molar-refractivity contribution is 1.18. The van der Waals surface area contributed by atoms with Crippen LogP contribution >= 0.6 is 0 Å². The molecule has 3 aromatic heterocycles. The Morgan fingerprint density at radius 3 is 1.57 bits per heavy atom. The molecule has 0 saturated carbocycles. The van der Waals surface area contributed by atoms with Gasteiger partial charge in [0.2, 0.25) is 0 Å². The molecule has 10 rings (SSSR count). The fraction of sp³-hybridized carbons (Fsp3) is 0. The average molecular weight is 675 g/mol. The topological polar surface area (TPSA) is 54.5 Å². The molecular formula is C49H30N4. The predicted molar refractivity (Wildman–Crippen MR) is 218 cm³/mol. The summed E-state index contributed by atoms with van der Waals surface area (Å²) >= 11 is 0. The lowest BCUT2D eigenvalue weighted by Crippen LogP contribution is -1.94. The minimum atomic E-state index is 0.641. The van der Waals surface area contributed by atoms with Gasteiger partial charge >= 0.3 is 0 Å². The van der Waals surface area contributed by atoms with Gasteiger partial charge in [-0.05, 0) is 122 Å². The number of aromatic nitrogens is 3. The third-order valence-electron chi connectivity index (χ3n) is 10.4. The van der Waals surface area contributed by atoms with Crippen molar-refractivity contribution in [1.29, 1.82) is 5.26 Å². The molecule has 0 atom stereocenters. The summed E-state index contributed by atoms with van der Waals surface area (Å²) in [5.41, 5.74) is 12.9. The second kappa shape index (κ2) is 12.5. The van der Waals surface area contributed by atoms with Crippen molar-refractivity contribution in [2.24, 2.45) is 0 Å². The van der Waals surface area contributed by atoms with E-state index in [-0.39, 0.29) is 0 Å². The molecular weight excluding hydrogens is 645 g/mol. The SMILES string of the molecule is N#Cc1ccc2c(c1)c1cc(-c3c4ccc(-c5cccnc5)cc4c(-c4cccnc4)c4ccc(-c5ccccc5)cc34)ccc1n2-c1ccccc1. The molecule has 0 unspecified atom stereocenters. The molecule has 0 aliphatic heterocycles. The van der Waals surface area contributed by atoms with Crippen molar-refractivity contribution in [2.75, 3.05) is 0 Å². The van der Waals surface area contributed by atoms with Crippen molar-refractivity contribution in [2.45, 2.75) is 0 Å². The van der Waals surface area contributed by atoms with Gasteiger partial charge in [0, 0.05) is 52.4 Å². The standard InChI is InChI=1S/C49H30N4/c50-29-32-15-21-46-42(25-32)43-28-36(18-22-47(43)53(46)39-13-5-2-6-14-39)48-40-20-17-35(37-11-7-23-51-30-37)27-45(40)49(38-12-8-24-52-31-38)41-19-16-34(26-44(41)48)33-9-3-1-4-10-33/h1-28,30-31H. The van der Waals surface area contributed by atoms with E-state index < -0.39 is 0 Å². The number of benzene rings is 7. The largest absolute Gasteiger partial charge is 0.309 e. The molecule has 0 aliphatic rings. The number of pyridine rings is 2. The summed E-state index contributed by atoms with van der Waals surface area (Å²) in [6, 6.07) is 58.1. The third kappa shape index (κ3) is 5.06. The predicted octanol–water partition coefficient (Wildman–Crippen LogP) is 12.4. The van der Waals surface area contributed by atoms with Crippen molar-refractivity contribution in [3.63, 3.8) is 0 Å². The van der Waals surface area contributed by atoms with Crippen LogP contribution in [0, 0.1) is 11.3 Å². The second-order valence-corrected chi connectivity index (χ2v) is 13.4. The maximum Gasteiger partial charge on any atom is 0.0991 e. The highest BCUT2D eigenvalue weighted by Gasteiger charge is 2.21. The van der Waals surface area contributed by atoms with Crippen LogP contribution in [0.4, 0.5) is 0 Å². The first kappa shape index (κ1) is 30.5. The van der Waals surface area contributed by atoms with Crippen molar-refractivity contribution in [3.8, 4) is 56.3 Å². The Labute approximate surface area is 306 Å². The highest BCUT2D eigenvalue weighted by Crippen LogP contribution is 2.47. The molecule has 0 amide bonds. The monoisotopic (exact) mass is 674 g/mol. The van der Waals surface area contributed by atoms with Crippen LogP contribution < -0.4 is 0 Å². The zero-order chi connectivity index (χ0) is 35.3. The molecule has 0 radical (unpaired) electrons. The Kier molecular flexibility index (Phi) is 7.16. The van der Waals surface area contributed by atoms with Gasteiger partial charge in [-0.1, -0.05) is 91.0 Å². The Morgan fingerprint density at radius 1 is 0.396 bits per heavy atom. The van der Waals surface area contributed by atoms with E-state index in [2.05, 4.69) is 148 Å². The molecule has 7 aromatic carbocycles. The van der Waals surface area contributed by atoms with Crippen LogP contribution in [0.2, 0.25) is 0 Å². The van der Waals surface area contributed by atoms with Crippen LogP contribution in [0.5, 0.6) is 0 Å². The van der Waals surface area contributed by atoms with Crippen molar-refractivity contribution >= 4 is 43.4 Å². The van der Waals surface area contributed by atoms with Crippen LogP contribution in [0.25, 0.3) is 93.5 Å². The van der Waals surface area contributed by atoms with E-state index in [1.54, 1.807) is 0 Å². The van der Waals surface area contributed by atoms with Gasteiger partial charge in [-0.2, -0.15) is 5.26 Å². The summed E-state index contributed by atoms with van der Waals surface area (Å²) in [7, 11) is 0.